The minimum absolute atomic E-state index is 0.816. The van der Waals surface area contributed by atoms with Crippen molar-refractivity contribution in [1.29, 1.82) is 0 Å². The van der Waals surface area contributed by atoms with E-state index in [4.69, 9.17) is 11.6 Å². The molecule has 0 amide bonds. The van der Waals surface area contributed by atoms with E-state index in [0.717, 1.165) is 27.2 Å². The number of aromatic nitrogens is 2. The summed E-state index contributed by atoms with van der Waals surface area (Å²) in [5.41, 5.74) is 4.35. The predicted octanol–water partition coefficient (Wildman–Crippen LogP) is 3.96. The molecule has 3 aromatic rings. The van der Waals surface area contributed by atoms with Crippen LogP contribution in [0.2, 0.25) is 5.02 Å². The number of hydrogen-bond acceptors (Lipinski definition) is 1. The summed E-state index contributed by atoms with van der Waals surface area (Å²) < 4.78 is 1.84. The number of rotatable bonds is 1. The third kappa shape index (κ3) is 1.71. The Morgan fingerprint density at radius 2 is 2.06 bits per heavy atom. The molecule has 0 saturated carbocycles. The average molecular weight is 243 g/mol. The highest BCUT2D eigenvalue weighted by molar-refractivity contribution is 6.34. The highest BCUT2D eigenvalue weighted by Crippen LogP contribution is 2.30. The standard InChI is InChI=1S/C14H11ClN2/c1-10-3-2-4-13(14(10)15)11-6-8-17-12(9-11)5-7-16-17/h2-9H,1H3. The second-order valence-electron chi connectivity index (χ2n) is 4.05. The predicted molar refractivity (Wildman–Crippen MR) is 70.4 cm³/mol. The quantitative estimate of drug-likeness (QED) is 0.631. The molecule has 0 aliphatic carbocycles. The van der Waals surface area contributed by atoms with Gasteiger partial charge in [0, 0.05) is 18.0 Å². The van der Waals surface area contributed by atoms with Crippen LogP contribution in [0.4, 0.5) is 0 Å². The maximum atomic E-state index is 6.33. The first kappa shape index (κ1) is 10.4. The van der Waals surface area contributed by atoms with Gasteiger partial charge in [-0.25, -0.2) is 4.52 Å². The van der Waals surface area contributed by atoms with Gasteiger partial charge in [-0.2, -0.15) is 5.10 Å². The van der Waals surface area contributed by atoms with Gasteiger partial charge in [-0.05, 0) is 36.2 Å². The SMILES string of the molecule is Cc1cccc(-c2ccn3nccc3c2)c1Cl. The molecule has 0 bridgehead atoms. The first-order valence-corrected chi connectivity index (χ1v) is 5.82. The molecule has 0 N–H and O–H groups in total. The molecular weight excluding hydrogens is 232 g/mol. The Morgan fingerprint density at radius 1 is 1.18 bits per heavy atom. The van der Waals surface area contributed by atoms with Crippen molar-refractivity contribution < 1.29 is 0 Å². The summed E-state index contributed by atoms with van der Waals surface area (Å²) in [6, 6.07) is 12.2. The zero-order valence-corrected chi connectivity index (χ0v) is 10.1. The molecule has 3 rings (SSSR count). The molecule has 0 aliphatic heterocycles. The Morgan fingerprint density at radius 3 is 2.94 bits per heavy atom. The van der Waals surface area contributed by atoms with Crippen molar-refractivity contribution in [2.45, 2.75) is 6.92 Å². The largest absolute Gasteiger partial charge is 0.241 e. The minimum Gasteiger partial charge on any atom is -0.241 e. The summed E-state index contributed by atoms with van der Waals surface area (Å²) in [4.78, 5) is 0. The fraction of sp³-hybridized carbons (Fsp3) is 0.0714. The van der Waals surface area contributed by atoms with Crippen LogP contribution >= 0.6 is 11.6 Å². The molecule has 0 aliphatic rings. The Balaban J connectivity index is 2.23. The molecule has 2 aromatic heterocycles. The van der Waals surface area contributed by atoms with Crippen molar-refractivity contribution >= 4 is 17.1 Å². The van der Waals surface area contributed by atoms with Gasteiger partial charge in [0.1, 0.15) is 0 Å². The number of hydrogen-bond donors (Lipinski definition) is 0. The first-order valence-electron chi connectivity index (χ1n) is 5.44. The zero-order valence-electron chi connectivity index (χ0n) is 9.39. The van der Waals surface area contributed by atoms with Crippen LogP contribution in [0, 0.1) is 6.92 Å². The number of nitrogens with zero attached hydrogens (tertiary/aromatic N) is 2. The van der Waals surface area contributed by atoms with Crippen LogP contribution in [0.5, 0.6) is 0 Å². The Labute approximate surface area is 104 Å². The fourth-order valence-corrected chi connectivity index (χ4v) is 2.19. The average Bonchev–Trinajstić information content (AvgIpc) is 2.79. The van der Waals surface area contributed by atoms with Crippen LogP contribution in [0.25, 0.3) is 16.6 Å². The number of aryl methyl sites for hydroxylation is 1. The van der Waals surface area contributed by atoms with Gasteiger partial charge in [0.15, 0.2) is 0 Å². The van der Waals surface area contributed by atoms with Gasteiger partial charge in [-0.15, -0.1) is 0 Å². The van der Waals surface area contributed by atoms with Gasteiger partial charge < -0.3 is 0 Å². The molecular formula is C14H11ClN2. The van der Waals surface area contributed by atoms with Crippen LogP contribution in [0.1, 0.15) is 5.56 Å². The monoisotopic (exact) mass is 242 g/mol. The zero-order chi connectivity index (χ0) is 11.8. The highest BCUT2D eigenvalue weighted by atomic mass is 35.5. The lowest BCUT2D eigenvalue weighted by atomic mass is 10.0. The first-order chi connectivity index (χ1) is 8.25. The smallest absolute Gasteiger partial charge is 0.0667 e. The van der Waals surface area contributed by atoms with E-state index >= 15 is 0 Å². The van der Waals surface area contributed by atoms with Crippen LogP contribution in [-0.2, 0) is 0 Å². The minimum atomic E-state index is 0.816. The Kier molecular flexibility index (Phi) is 2.37. The summed E-state index contributed by atoms with van der Waals surface area (Å²) in [6.07, 6.45) is 3.74. The highest BCUT2D eigenvalue weighted by Gasteiger charge is 2.06. The molecule has 0 radical (unpaired) electrons. The molecule has 2 heterocycles. The maximum absolute atomic E-state index is 6.33. The Bertz CT molecular complexity index is 686. The van der Waals surface area contributed by atoms with Crippen molar-refractivity contribution in [2.24, 2.45) is 0 Å². The van der Waals surface area contributed by atoms with E-state index in [1.54, 1.807) is 6.20 Å². The molecule has 0 atom stereocenters. The molecule has 84 valence electrons. The van der Waals surface area contributed by atoms with Gasteiger partial charge in [0.2, 0.25) is 0 Å². The normalized spacial score (nSPS) is 10.9. The third-order valence-corrected chi connectivity index (χ3v) is 3.40. The Hall–Kier alpha value is -1.80. The molecule has 0 fully saturated rings. The number of benzene rings is 1. The van der Waals surface area contributed by atoms with Gasteiger partial charge in [-0.1, -0.05) is 29.8 Å². The molecule has 0 unspecified atom stereocenters. The molecule has 2 nitrogen and oxygen atoms in total. The summed E-state index contributed by atoms with van der Waals surface area (Å²) in [6.45, 7) is 2.02. The van der Waals surface area contributed by atoms with E-state index in [1.807, 2.05) is 48.0 Å². The second-order valence-corrected chi connectivity index (χ2v) is 4.43. The number of halogens is 1. The van der Waals surface area contributed by atoms with Crippen LogP contribution in [0.3, 0.4) is 0 Å². The van der Waals surface area contributed by atoms with E-state index in [2.05, 4.69) is 11.2 Å². The summed E-state index contributed by atoms with van der Waals surface area (Å²) >= 11 is 6.33. The van der Waals surface area contributed by atoms with E-state index < -0.39 is 0 Å². The number of fused-ring (bicyclic) bond motifs is 1. The lowest BCUT2D eigenvalue weighted by Gasteiger charge is -2.07. The van der Waals surface area contributed by atoms with Gasteiger partial charge >= 0.3 is 0 Å². The van der Waals surface area contributed by atoms with Crippen molar-refractivity contribution in [1.82, 2.24) is 9.61 Å². The van der Waals surface area contributed by atoms with Crippen molar-refractivity contribution in [3.05, 3.63) is 59.4 Å². The van der Waals surface area contributed by atoms with Crippen LogP contribution < -0.4 is 0 Å². The van der Waals surface area contributed by atoms with Crippen molar-refractivity contribution in [2.75, 3.05) is 0 Å². The van der Waals surface area contributed by atoms with Gasteiger partial charge in [0.25, 0.3) is 0 Å². The van der Waals surface area contributed by atoms with Crippen LogP contribution in [0.15, 0.2) is 48.8 Å². The van der Waals surface area contributed by atoms with Crippen LogP contribution in [-0.4, -0.2) is 9.61 Å². The summed E-state index contributed by atoms with van der Waals surface area (Å²) in [7, 11) is 0. The summed E-state index contributed by atoms with van der Waals surface area (Å²) in [5.74, 6) is 0. The molecule has 0 spiro atoms. The number of pyridine rings is 1. The van der Waals surface area contributed by atoms with Crippen molar-refractivity contribution in [3.8, 4) is 11.1 Å². The topological polar surface area (TPSA) is 17.3 Å². The van der Waals surface area contributed by atoms with Gasteiger partial charge in [0.05, 0.1) is 10.5 Å². The van der Waals surface area contributed by atoms with E-state index in [-0.39, 0.29) is 0 Å². The maximum Gasteiger partial charge on any atom is 0.0667 e. The fourth-order valence-electron chi connectivity index (χ4n) is 1.96. The van der Waals surface area contributed by atoms with E-state index in [9.17, 15) is 0 Å². The van der Waals surface area contributed by atoms with E-state index in [0.29, 0.717) is 0 Å². The molecule has 17 heavy (non-hydrogen) atoms. The molecule has 3 heteroatoms. The third-order valence-electron chi connectivity index (χ3n) is 2.90. The second kappa shape index (κ2) is 3.90. The molecule has 1 aromatic carbocycles. The molecule has 0 saturated heterocycles. The lowest BCUT2D eigenvalue weighted by Crippen LogP contribution is -1.88. The summed E-state index contributed by atoms with van der Waals surface area (Å²) in [5, 5.41) is 4.99. The van der Waals surface area contributed by atoms with E-state index in [1.165, 1.54) is 0 Å². The lowest BCUT2D eigenvalue weighted by molar-refractivity contribution is 0.962. The van der Waals surface area contributed by atoms with Crippen molar-refractivity contribution in [3.63, 3.8) is 0 Å². The van der Waals surface area contributed by atoms with Gasteiger partial charge in [-0.3, -0.25) is 0 Å².